The fourth-order valence-electron chi connectivity index (χ4n) is 1.56. The third kappa shape index (κ3) is 3.45. The summed E-state index contributed by atoms with van der Waals surface area (Å²) in [7, 11) is -0.0748. The molecule has 0 aromatic heterocycles. The topological polar surface area (TPSA) is 65.0 Å². The lowest BCUT2D eigenvalue weighted by Crippen LogP contribution is -2.31. The second-order valence-corrected chi connectivity index (χ2v) is 3.48. The lowest BCUT2D eigenvalue weighted by atomic mass is 9.79. The number of benzene rings is 1. The van der Waals surface area contributed by atoms with Gasteiger partial charge in [-0.2, -0.15) is 0 Å². The zero-order chi connectivity index (χ0) is 14.4. The average molecular weight is 270 g/mol. The predicted octanol–water partition coefficient (Wildman–Crippen LogP) is 0.621. The summed E-state index contributed by atoms with van der Waals surface area (Å²) in [5.41, 5.74) is 0.632. The highest BCUT2D eigenvalue weighted by atomic mass is 19.1. The van der Waals surface area contributed by atoms with Gasteiger partial charge in [-0.25, -0.2) is 9.18 Å². The van der Waals surface area contributed by atoms with Crippen LogP contribution in [-0.4, -0.2) is 31.8 Å². The maximum Gasteiger partial charge on any atom is 0.494 e. The minimum absolute atomic E-state index is 0.0624. The molecule has 1 aromatic carbocycles. The van der Waals surface area contributed by atoms with Gasteiger partial charge in [0.05, 0.1) is 13.7 Å². The molecule has 1 aliphatic heterocycles. The average Bonchev–Trinajstić information content (AvgIpc) is 2.82. The Morgan fingerprint density at radius 1 is 1.53 bits per heavy atom. The van der Waals surface area contributed by atoms with Crippen LogP contribution in [0.1, 0.15) is 19.4 Å². The van der Waals surface area contributed by atoms with Crippen LogP contribution in [0.5, 0.6) is 5.75 Å². The van der Waals surface area contributed by atoms with E-state index in [4.69, 9.17) is 9.39 Å². The summed E-state index contributed by atoms with van der Waals surface area (Å²) in [6.45, 7) is 3.77. The predicted molar refractivity (Wildman–Crippen MR) is 67.7 cm³/mol. The van der Waals surface area contributed by atoms with Gasteiger partial charge in [0.15, 0.2) is 18.2 Å². The molecule has 104 valence electrons. The van der Waals surface area contributed by atoms with E-state index in [2.05, 4.69) is 4.74 Å². The quantitative estimate of drug-likeness (QED) is 0.644. The first-order valence-corrected chi connectivity index (χ1v) is 5.94. The van der Waals surface area contributed by atoms with E-state index in [1.165, 1.54) is 13.2 Å². The van der Waals surface area contributed by atoms with Crippen LogP contribution in [-0.2, 0) is 20.8 Å². The third-order valence-electron chi connectivity index (χ3n) is 2.45. The van der Waals surface area contributed by atoms with E-state index < -0.39 is 18.9 Å². The van der Waals surface area contributed by atoms with Crippen LogP contribution in [0.2, 0.25) is 0 Å². The molecule has 0 radical (unpaired) electrons. The summed E-state index contributed by atoms with van der Waals surface area (Å²) < 4.78 is 28.0. The van der Waals surface area contributed by atoms with Gasteiger partial charge in [-0.05, 0) is 11.6 Å². The molecular formula is C12H16BFO5. The molecule has 0 saturated carbocycles. The monoisotopic (exact) mass is 270 g/mol. The minimum Gasteiger partial charge on any atom is -0.479 e. The van der Waals surface area contributed by atoms with Crippen LogP contribution >= 0.6 is 0 Å². The Bertz CT molecular complexity index is 452. The van der Waals surface area contributed by atoms with Crippen molar-refractivity contribution in [2.45, 2.75) is 20.5 Å². The van der Waals surface area contributed by atoms with Crippen molar-refractivity contribution < 1.29 is 28.3 Å². The molecule has 1 aliphatic rings. The van der Waals surface area contributed by atoms with Crippen molar-refractivity contribution in [1.29, 1.82) is 0 Å². The Kier molecular flexibility index (Phi) is 5.78. The molecule has 0 bridgehead atoms. The summed E-state index contributed by atoms with van der Waals surface area (Å²) in [6, 6.07) is 2.97. The van der Waals surface area contributed by atoms with Crippen molar-refractivity contribution in [3.8, 4) is 5.75 Å². The number of carbonyl (C=O) groups excluding carboxylic acids is 1. The van der Waals surface area contributed by atoms with E-state index >= 15 is 0 Å². The van der Waals surface area contributed by atoms with Gasteiger partial charge >= 0.3 is 13.1 Å². The highest BCUT2D eigenvalue weighted by Crippen LogP contribution is 2.21. The largest absolute Gasteiger partial charge is 0.494 e. The number of ether oxygens (including phenoxy) is 2. The van der Waals surface area contributed by atoms with Gasteiger partial charge < -0.3 is 19.2 Å². The molecular weight excluding hydrogens is 254 g/mol. The summed E-state index contributed by atoms with van der Waals surface area (Å²) in [5, 5.41) is 9.40. The number of halogens is 1. The van der Waals surface area contributed by atoms with Gasteiger partial charge in [-0.15, -0.1) is 0 Å². The van der Waals surface area contributed by atoms with E-state index in [0.717, 1.165) is 0 Å². The molecule has 0 amide bonds. The minimum atomic E-state index is -1.29. The van der Waals surface area contributed by atoms with E-state index in [9.17, 15) is 14.2 Å². The molecule has 2 rings (SSSR count). The first-order chi connectivity index (χ1) is 9.13. The fourth-order valence-corrected chi connectivity index (χ4v) is 1.56. The van der Waals surface area contributed by atoms with Crippen LogP contribution in [0.15, 0.2) is 12.1 Å². The smallest absolute Gasteiger partial charge is 0.479 e. The summed E-state index contributed by atoms with van der Waals surface area (Å²) >= 11 is 0. The number of carbonyl (C=O) groups is 1. The van der Waals surface area contributed by atoms with E-state index in [1.807, 2.05) is 13.8 Å². The summed E-state index contributed by atoms with van der Waals surface area (Å²) in [4.78, 5) is 10.9. The Labute approximate surface area is 111 Å². The normalized spacial score (nSPS) is 12.4. The fraction of sp³-hybridized carbons (Fsp3) is 0.417. The molecule has 19 heavy (non-hydrogen) atoms. The van der Waals surface area contributed by atoms with E-state index in [1.54, 1.807) is 6.07 Å². The maximum atomic E-state index is 13.9. The van der Waals surface area contributed by atoms with Crippen molar-refractivity contribution in [3.63, 3.8) is 0 Å². The molecule has 0 saturated heterocycles. The second kappa shape index (κ2) is 7.11. The van der Waals surface area contributed by atoms with Crippen molar-refractivity contribution >= 4 is 18.6 Å². The molecule has 1 aromatic rings. The third-order valence-corrected chi connectivity index (χ3v) is 2.45. The van der Waals surface area contributed by atoms with Gasteiger partial charge in [0, 0.05) is 5.46 Å². The van der Waals surface area contributed by atoms with Crippen molar-refractivity contribution in [2.75, 3.05) is 13.7 Å². The molecule has 0 fully saturated rings. The SMILES string of the molecule is CC.COC(=O)COc1ccc2c(c1F)B(O)OC2. The Balaban J connectivity index is 0.000000861. The molecule has 1 heterocycles. The van der Waals surface area contributed by atoms with Gasteiger partial charge in [0.2, 0.25) is 0 Å². The lowest BCUT2D eigenvalue weighted by molar-refractivity contribution is -0.142. The standard InChI is InChI=1S/C10H10BFO5.C2H6/c1-15-8(13)5-16-7-3-2-6-4-17-11(14)9(6)10(7)12;1-2/h2-3,14H,4-5H2,1H3;1-2H3. The summed E-state index contributed by atoms with van der Waals surface area (Å²) in [6.07, 6.45) is 0. The summed E-state index contributed by atoms with van der Waals surface area (Å²) in [5.74, 6) is -1.43. The van der Waals surface area contributed by atoms with Gasteiger partial charge in [-0.1, -0.05) is 19.9 Å². The first kappa shape index (κ1) is 15.5. The zero-order valence-corrected chi connectivity index (χ0v) is 11.1. The number of hydrogen-bond acceptors (Lipinski definition) is 5. The zero-order valence-electron chi connectivity index (χ0n) is 11.1. The lowest BCUT2D eigenvalue weighted by Gasteiger charge is -2.08. The first-order valence-electron chi connectivity index (χ1n) is 5.94. The second-order valence-electron chi connectivity index (χ2n) is 3.48. The van der Waals surface area contributed by atoms with Crippen LogP contribution in [0.4, 0.5) is 4.39 Å². The van der Waals surface area contributed by atoms with Crippen LogP contribution in [0.3, 0.4) is 0 Å². The van der Waals surface area contributed by atoms with Crippen LogP contribution in [0.25, 0.3) is 0 Å². The van der Waals surface area contributed by atoms with Crippen LogP contribution in [0, 0.1) is 5.82 Å². The number of methoxy groups -OCH3 is 1. The van der Waals surface area contributed by atoms with Crippen LogP contribution < -0.4 is 10.2 Å². The van der Waals surface area contributed by atoms with Crippen molar-refractivity contribution in [3.05, 3.63) is 23.5 Å². The van der Waals surface area contributed by atoms with Gasteiger partial charge in [-0.3, -0.25) is 0 Å². The molecule has 0 unspecified atom stereocenters. The van der Waals surface area contributed by atoms with Gasteiger partial charge in [0.25, 0.3) is 0 Å². The molecule has 7 heteroatoms. The molecule has 0 aliphatic carbocycles. The molecule has 0 atom stereocenters. The van der Waals surface area contributed by atoms with E-state index in [0.29, 0.717) is 5.56 Å². The Morgan fingerprint density at radius 2 is 2.21 bits per heavy atom. The number of fused-ring (bicyclic) bond motifs is 1. The molecule has 1 N–H and O–H groups in total. The Hall–Kier alpha value is -1.60. The van der Waals surface area contributed by atoms with E-state index in [-0.39, 0.29) is 24.4 Å². The number of esters is 1. The number of hydrogen-bond donors (Lipinski definition) is 1. The highest BCUT2D eigenvalue weighted by molar-refractivity contribution is 6.61. The van der Waals surface area contributed by atoms with Gasteiger partial charge in [0.1, 0.15) is 0 Å². The maximum absolute atomic E-state index is 13.9. The van der Waals surface area contributed by atoms with Crippen molar-refractivity contribution in [1.82, 2.24) is 0 Å². The molecule has 0 spiro atoms. The number of rotatable bonds is 3. The Morgan fingerprint density at radius 3 is 2.84 bits per heavy atom. The molecule has 5 nitrogen and oxygen atoms in total. The van der Waals surface area contributed by atoms with Crippen molar-refractivity contribution in [2.24, 2.45) is 0 Å². The highest BCUT2D eigenvalue weighted by Gasteiger charge is 2.32.